The molecule has 6 heteroatoms. The SMILES string of the molecule is CCCN1CCC(N(C)C(=O)c2cc(Br)c(Br)s2)CC1. The lowest BCUT2D eigenvalue weighted by atomic mass is 10.0. The third kappa shape index (κ3) is 3.84. The van der Waals surface area contributed by atoms with Crippen molar-refractivity contribution in [1.29, 1.82) is 0 Å². The van der Waals surface area contributed by atoms with E-state index in [1.165, 1.54) is 24.3 Å². The highest BCUT2D eigenvalue weighted by atomic mass is 79.9. The molecule has 1 amide bonds. The van der Waals surface area contributed by atoms with Gasteiger partial charge in [0.15, 0.2) is 0 Å². The second-order valence-corrected chi connectivity index (χ2v) is 8.45. The van der Waals surface area contributed by atoms with Gasteiger partial charge in [0.1, 0.15) is 0 Å². The van der Waals surface area contributed by atoms with Crippen molar-refractivity contribution < 1.29 is 4.79 Å². The molecule has 0 aliphatic carbocycles. The number of hydrogen-bond donors (Lipinski definition) is 0. The Kier molecular flexibility index (Phi) is 6.08. The zero-order valence-electron chi connectivity index (χ0n) is 11.9. The number of nitrogens with zero attached hydrogens (tertiary/aromatic N) is 2. The normalized spacial score (nSPS) is 17.4. The number of carbonyl (C=O) groups excluding carboxylic acids is 1. The molecular formula is C14H20Br2N2OS. The Hall–Kier alpha value is 0.0900. The summed E-state index contributed by atoms with van der Waals surface area (Å²) in [6.45, 7) is 5.60. The van der Waals surface area contributed by atoms with Gasteiger partial charge in [-0.15, -0.1) is 11.3 Å². The van der Waals surface area contributed by atoms with Crippen LogP contribution in [0.3, 0.4) is 0 Å². The standard InChI is InChI=1S/C14H20Br2N2OS/c1-3-6-18-7-4-10(5-8-18)17(2)14(19)12-9-11(15)13(16)20-12/h9-10H,3-8H2,1-2H3. The van der Waals surface area contributed by atoms with Crippen molar-refractivity contribution >= 4 is 49.1 Å². The lowest BCUT2D eigenvalue weighted by molar-refractivity contribution is 0.0647. The zero-order chi connectivity index (χ0) is 14.7. The van der Waals surface area contributed by atoms with E-state index in [9.17, 15) is 4.79 Å². The Bertz CT molecular complexity index is 450. The van der Waals surface area contributed by atoms with Crippen molar-refractivity contribution in [3.8, 4) is 0 Å². The Labute approximate surface area is 141 Å². The lowest BCUT2D eigenvalue weighted by Gasteiger charge is -2.36. The minimum atomic E-state index is 0.135. The van der Waals surface area contributed by atoms with Gasteiger partial charge in [-0.3, -0.25) is 4.79 Å². The molecule has 20 heavy (non-hydrogen) atoms. The number of likely N-dealkylation sites (tertiary alicyclic amines) is 1. The van der Waals surface area contributed by atoms with Crippen molar-refractivity contribution in [3.63, 3.8) is 0 Å². The van der Waals surface area contributed by atoms with Crippen LogP contribution in [-0.2, 0) is 0 Å². The number of rotatable bonds is 4. The molecular weight excluding hydrogens is 404 g/mol. The second kappa shape index (κ2) is 7.38. The van der Waals surface area contributed by atoms with Gasteiger partial charge in [-0.05, 0) is 63.7 Å². The number of halogens is 2. The van der Waals surface area contributed by atoms with Crippen LogP contribution in [0.2, 0.25) is 0 Å². The number of carbonyl (C=O) groups is 1. The molecule has 3 nitrogen and oxygen atoms in total. The predicted octanol–water partition coefficient (Wildman–Crippen LogP) is 4.22. The van der Waals surface area contributed by atoms with E-state index in [1.54, 1.807) is 0 Å². The smallest absolute Gasteiger partial charge is 0.263 e. The lowest BCUT2D eigenvalue weighted by Crippen LogP contribution is -2.45. The van der Waals surface area contributed by atoms with E-state index in [4.69, 9.17) is 0 Å². The third-order valence-corrected chi connectivity index (χ3v) is 7.07. The molecule has 0 spiro atoms. The van der Waals surface area contributed by atoms with Gasteiger partial charge in [0.2, 0.25) is 0 Å². The summed E-state index contributed by atoms with van der Waals surface area (Å²) >= 11 is 8.38. The molecule has 0 saturated carbocycles. The van der Waals surface area contributed by atoms with Crippen LogP contribution in [0.15, 0.2) is 14.3 Å². The van der Waals surface area contributed by atoms with Crippen molar-refractivity contribution in [2.24, 2.45) is 0 Å². The van der Waals surface area contributed by atoms with Crippen LogP contribution in [0.4, 0.5) is 0 Å². The maximum absolute atomic E-state index is 12.5. The van der Waals surface area contributed by atoms with Crippen LogP contribution in [-0.4, -0.2) is 48.4 Å². The third-order valence-electron chi connectivity index (χ3n) is 3.82. The molecule has 0 radical (unpaired) electrons. The fourth-order valence-corrected chi connectivity index (χ4v) is 4.66. The van der Waals surface area contributed by atoms with Crippen molar-refractivity contribution in [3.05, 3.63) is 19.2 Å². The van der Waals surface area contributed by atoms with Crippen LogP contribution < -0.4 is 0 Å². The Morgan fingerprint density at radius 2 is 2.10 bits per heavy atom. The Morgan fingerprint density at radius 3 is 2.60 bits per heavy atom. The molecule has 0 N–H and O–H groups in total. The summed E-state index contributed by atoms with van der Waals surface area (Å²) in [6.07, 6.45) is 3.36. The highest BCUT2D eigenvalue weighted by molar-refractivity contribution is 9.13. The van der Waals surface area contributed by atoms with Gasteiger partial charge in [0.25, 0.3) is 5.91 Å². The first kappa shape index (κ1) is 16.5. The molecule has 1 aliphatic rings. The van der Waals surface area contributed by atoms with Crippen LogP contribution in [0, 0.1) is 0 Å². The van der Waals surface area contributed by atoms with Gasteiger partial charge in [-0.2, -0.15) is 0 Å². The molecule has 2 rings (SSSR count). The van der Waals surface area contributed by atoms with E-state index in [-0.39, 0.29) is 5.91 Å². The molecule has 0 aromatic carbocycles. The molecule has 0 bridgehead atoms. The van der Waals surface area contributed by atoms with Crippen LogP contribution >= 0.6 is 43.2 Å². The molecule has 112 valence electrons. The quantitative estimate of drug-likeness (QED) is 0.723. The van der Waals surface area contributed by atoms with Gasteiger partial charge < -0.3 is 9.80 Å². The van der Waals surface area contributed by atoms with Crippen molar-refractivity contribution in [2.75, 3.05) is 26.7 Å². The highest BCUT2D eigenvalue weighted by Crippen LogP contribution is 2.33. The van der Waals surface area contributed by atoms with E-state index in [0.29, 0.717) is 6.04 Å². The summed E-state index contributed by atoms with van der Waals surface area (Å²) < 4.78 is 1.93. The molecule has 1 saturated heterocycles. The number of amides is 1. The summed E-state index contributed by atoms with van der Waals surface area (Å²) in [4.78, 5) is 17.7. The number of thiophene rings is 1. The first-order valence-electron chi connectivity index (χ1n) is 6.97. The zero-order valence-corrected chi connectivity index (χ0v) is 15.9. The van der Waals surface area contributed by atoms with Gasteiger partial charge in [-0.1, -0.05) is 6.92 Å². The van der Waals surface area contributed by atoms with Crippen molar-refractivity contribution in [2.45, 2.75) is 32.2 Å². The average Bonchev–Trinajstić information content (AvgIpc) is 2.78. The summed E-state index contributed by atoms with van der Waals surface area (Å²) in [5.41, 5.74) is 0. The first-order valence-corrected chi connectivity index (χ1v) is 9.37. The molecule has 0 atom stereocenters. The maximum atomic E-state index is 12.5. The summed E-state index contributed by atoms with van der Waals surface area (Å²) in [6, 6.07) is 2.27. The van der Waals surface area contributed by atoms with E-state index in [0.717, 1.165) is 39.1 Å². The Morgan fingerprint density at radius 1 is 1.45 bits per heavy atom. The molecule has 1 aromatic rings. The summed E-state index contributed by atoms with van der Waals surface area (Å²) in [7, 11) is 1.93. The van der Waals surface area contributed by atoms with E-state index in [1.807, 2.05) is 18.0 Å². The fourth-order valence-electron chi connectivity index (χ4n) is 2.64. The predicted molar refractivity (Wildman–Crippen MR) is 91.6 cm³/mol. The van der Waals surface area contributed by atoms with Gasteiger partial charge in [0.05, 0.1) is 8.66 Å². The number of hydrogen-bond acceptors (Lipinski definition) is 3. The highest BCUT2D eigenvalue weighted by Gasteiger charge is 2.26. The summed E-state index contributed by atoms with van der Waals surface area (Å²) in [5, 5.41) is 0. The first-order chi connectivity index (χ1) is 9.52. The molecule has 1 aromatic heterocycles. The van der Waals surface area contributed by atoms with E-state index >= 15 is 0 Å². The molecule has 0 unspecified atom stereocenters. The minimum absolute atomic E-state index is 0.135. The monoisotopic (exact) mass is 422 g/mol. The van der Waals surface area contributed by atoms with Crippen LogP contribution in [0.25, 0.3) is 0 Å². The average molecular weight is 424 g/mol. The Balaban J connectivity index is 1.94. The fraction of sp³-hybridized carbons (Fsp3) is 0.643. The maximum Gasteiger partial charge on any atom is 0.263 e. The van der Waals surface area contributed by atoms with E-state index < -0.39 is 0 Å². The minimum Gasteiger partial charge on any atom is -0.338 e. The van der Waals surface area contributed by atoms with Gasteiger partial charge >= 0.3 is 0 Å². The topological polar surface area (TPSA) is 23.6 Å². The van der Waals surface area contributed by atoms with Gasteiger partial charge in [0, 0.05) is 30.7 Å². The molecule has 2 heterocycles. The van der Waals surface area contributed by atoms with Crippen molar-refractivity contribution in [1.82, 2.24) is 9.80 Å². The van der Waals surface area contributed by atoms with E-state index in [2.05, 4.69) is 43.7 Å². The largest absolute Gasteiger partial charge is 0.338 e. The van der Waals surface area contributed by atoms with Crippen LogP contribution in [0.1, 0.15) is 35.9 Å². The summed E-state index contributed by atoms with van der Waals surface area (Å²) in [5.74, 6) is 0.135. The second-order valence-electron chi connectivity index (χ2n) is 5.22. The number of piperidine rings is 1. The molecule has 1 fully saturated rings. The van der Waals surface area contributed by atoms with Gasteiger partial charge in [-0.25, -0.2) is 0 Å². The molecule has 1 aliphatic heterocycles. The van der Waals surface area contributed by atoms with Crippen LogP contribution in [0.5, 0.6) is 0 Å².